The maximum Gasteiger partial charge on any atom is 0.418 e. The zero-order valence-corrected chi connectivity index (χ0v) is 16.9. The fraction of sp³-hybridized carbons (Fsp3) is 0.409. The first-order valence-electron chi connectivity index (χ1n) is 9.71. The molecule has 2 aromatic carbocycles. The summed E-state index contributed by atoms with van der Waals surface area (Å²) in [5.74, 6) is -0.429. The normalized spacial score (nSPS) is 16.6. The minimum Gasteiger partial charge on any atom is -0.369 e. The van der Waals surface area contributed by atoms with Crippen LogP contribution in [0.5, 0.6) is 0 Å². The van der Waals surface area contributed by atoms with Gasteiger partial charge in [0.2, 0.25) is 5.91 Å². The number of para-hydroxylation sites is 1. The Morgan fingerprint density at radius 3 is 2.31 bits per heavy atom. The van der Waals surface area contributed by atoms with Crippen molar-refractivity contribution < 1.29 is 18.0 Å². The van der Waals surface area contributed by atoms with Gasteiger partial charge in [-0.25, -0.2) is 0 Å². The summed E-state index contributed by atoms with van der Waals surface area (Å²) >= 11 is 0. The van der Waals surface area contributed by atoms with E-state index in [4.69, 9.17) is 0 Å². The molecule has 2 aromatic rings. The van der Waals surface area contributed by atoms with Crippen LogP contribution in [0.3, 0.4) is 0 Å². The van der Waals surface area contributed by atoms with E-state index in [9.17, 15) is 18.0 Å². The molecule has 1 amide bonds. The van der Waals surface area contributed by atoms with Crippen molar-refractivity contribution in [2.45, 2.75) is 33.0 Å². The Morgan fingerprint density at radius 1 is 1.00 bits per heavy atom. The largest absolute Gasteiger partial charge is 0.418 e. The highest BCUT2D eigenvalue weighted by atomic mass is 19.4. The van der Waals surface area contributed by atoms with Crippen molar-refractivity contribution in [1.29, 1.82) is 0 Å². The number of carbonyl (C=O) groups is 1. The van der Waals surface area contributed by atoms with Gasteiger partial charge in [-0.2, -0.15) is 13.2 Å². The molecule has 1 N–H and O–H groups in total. The molecule has 0 aromatic heterocycles. The van der Waals surface area contributed by atoms with Gasteiger partial charge < -0.3 is 10.2 Å². The van der Waals surface area contributed by atoms with E-state index in [0.717, 1.165) is 19.2 Å². The summed E-state index contributed by atoms with van der Waals surface area (Å²) in [5, 5.41) is 2.46. The number of alkyl halides is 3. The van der Waals surface area contributed by atoms with Crippen LogP contribution in [0.15, 0.2) is 42.5 Å². The molecule has 1 aliphatic rings. The molecule has 3 rings (SSSR count). The highest BCUT2D eigenvalue weighted by molar-refractivity contribution is 5.95. The molecule has 0 saturated carbocycles. The van der Waals surface area contributed by atoms with Gasteiger partial charge in [-0.15, -0.1) is 0 Å². The number of carbonyl (C=O) groups excluding carboxylic acids is 1. The van der Waals surface area contributed by atoms with Crippen molar-refractivity contribution in [2.24, 2.45) is 0 Å². The topological polar surface area (TPSA) is 35.6 Å². The number of amides is 1. The van der Waals surface area contributed by atoms with Crippen molar-refractivity contribution in [3.05, 3.63) is 59.2 Å². The van der Waals surface area contributed by atoms with Crippen LogP contribution < -0.4 is 10.2 Å². The number of anilines is 2. The quantitative estimate of drug-likeness (QED) is 0.815. The number of hydrogen-bond donors (Lipinski definition) is 1. The predicted octanol–water partition coefficient (Wildman–Crippen LogP) is 4.47. The van der Waals surface area contributed by atoms with E-state index in [1.165, 1.54) is 35.0 Å². The van der Waals surface area contributed by atoms with Gasteiger partial charge in [-0.05, 0) is 50.1 Å². The van der Waals surface area contributed by atoms with Crippen LogP contribution in [0.1, 0.15) is 23.6 Å². The van der Waals surface area contributed by atoms with Gasteiger partial charge in [0.15, 0.2) is 0 Å². The SMILES string of the molecule is Cc1cccc(N2CCN(C(C)C(=O)Nc3ccccc3C(F)(F)F)CC2)c1C. The molecule has 4 nitrogen and oxygen atoms in total. The monoisotopic (exact) mass is 405 g/mol. The molecule has 0 aliphatic carbocycles. The smallest absolute Gasteiger partial charge is 0.369 e. The van der Waals surface area contributed by atoms with Crippen molar-refractivity contribution in [3.63, 3.8) is 0 Å². The van der Waals surface area contributed by atoms with Gasteiger partial charge in [-0.1, -0.05) is 24.3 Å². The highest BCUT2D eigenvalue weighted by Gasteiger charge is 2.34. The summed E-state index contributed by atoms with van der Waals surface area (Å²) in [7, 11) is 0. The number of nitrogens with zero attached hydrogens (tertiary/aromatic N) is 2. The molecule has 1 saturated heterocycles. The lowest BCUT2D eigenvalue weighted by atomic mass is 10.1. The third-order valence-corrected chi connectivity index (χ3v) is 5.65. The minimum absolute atomic E-state index is 0.203. The Balaban J connectivity index is 1.63. The fourth-order valence-corrected chi connectivity index (χ4v) is 3.67. The molecule has 1 unspecified atom stereocenters. The number of nitrogens with one attached hydrogen (secondary N) is 1. The van der Waals surface area contributed by atoms with E-state index >= 15 is 0 Å². The third kappa shape index (κ3) is 4.72. The second kappa shape index (κ2) is 8.45. The number of halogens is 3. The molecule has 1 atom stereocenters. The maximum absolute atomic E-state index is 13.2. The second-order valence-electron chi connectivity index (χ2n) is 7.45. The lowest BCUT2D eigenvalue weighted by Crippen LogP contribution is -2.53. The van der Waals surface area contributed by atoms with Crippen molar-refractivity contribution in [1.82, 2.24) is 4.90 Å². The fourth-order valence-electron chi connectivity index (χ4n) is 3.67. The summed E-state index contributed by atoms with van der Waals surface area (Å²) in [4.78, 5) is 16.9. The van der Waals surface area contributed by atoms with Crippen LogP contribution in [0.4, 0.5) is 24.5 Å². The Hall–Kier alpha value is -2.54. The Kier molecular flexibility index (Phi) is 6.17. The number of piperazine rings is 1. The molecule has 1 fully saturated rings. The number of aryl methyl sites for hydroxylation is 1. The Bertz CT molecular complexity index is 874. The molecule has 7 heteroatoms. The van der Waals surface area contributed by atoms with Gasteiger partial charge in [0.05, 0.1) is 17.3 Å². The average Bonchev–Trinajstić information content (AvgIpc) is 2.69. The van der Waals surface area contributed by atoms with Gasteiger partial charge in [0.1, 0.15) is 0 Å². The van der Waals surface area contributed by atoms with E-state index in [2.05, 4.69) is 36.2 Å². The van der Waals surface area contributed by atoms with Crippen molar-refractivity contribution >= 4 is 17.3 Å². The van der Waals surface area contributed by atoms with Crippen LogP contribution in [0.2, 0.25) is 0 Å². The van der Waals surface area contributed by atoms with E-state index in [-0.39, 0.29) is 5.69 Å². The molecule has 0 radical (unpaired) electrons. The summed E-state index contributed by atoms with van der Waals surface area (Å²) in [6.07, 6.45) is -4.51. The van der Waals surface area contributed by atoms with Crippen LogP contribution in [-0.2, 0) is 11.0 Å². The predicted molar refractivity (Wildman–Crippen MR) is 109 cm³/mol. The van der Waals surface area contributed by atoms with Crippen LogP contribution in [-0.4, -0.2) is 43.0 Å². The maximum atomic E-state index is 13.2. The van der Waals surface area contributed by atoms with E-state index in [1.807, 2.05) is 11.0 Å². The van der Waals surface area contributed by atoms with Crippen LogP contribution >= 0.6 is 0 Å². The zero-order valence-electron chi connectivity index (χ0n) is 16.9. The molecular weight excluding hydrogens is 379 g/mol. The molecule has 156 valence electrons. The van der Waals surface area contributed by atoms with Gasteiger partial charge in [0.25, 0.3) is 0 Å². The number of benzene rings is 2. The molecule has 0 bridgehead atoms. The standard InChI is InChI=1S/C22H26F3N3O/c1-15-7-6-10-20(16(15)2)28-13-11-27(12-14-28)17(3)21(29)26-19-9-5-4-8-18(19)22(23,24)25/h4-10,17H,11-14H2,1-3H3,(H,26,29). The van der Waals surface area contributed by atoms with E-state index in [1.54, 1.807) is 6.92 Å². The van der Waals surface area contributed by atoms with Gasteiger partial charge in [-0.3, -0.25) is 9.69 Å². The Morgan fingerprint density at radius 2 is 1.66 bits per heavy atom. The molecular formula is C22H26F3N3O. The highest BCUT2D eigenvalue weighted by Crippen LogP contribution is 2.34. The minimum atomic E-state index is -4.51. The third-order valence-electron chi connectivity index (χ3n) is 5.65. The van der Waals surface area contributed by atoms with E-state index in [0.29, 0.717) is 13.1 Å². The van der Waals surface area contributed by atoms with Gasteiger partial charge >= 0.3 is 6.18 Å². The lowest BCUT2D eigenvalue weighted by Gasteiger charge is -2.39. The number of hydrogen-bond acceptors (Lipinski definition) is 3. The van der Waals surface area contributed by atoms with Crippen LogP contribution in [0, 0.1) is 13.8 Å². The zero-order chi connectivity index (χ0) is 21.2. The summed E-state index contributed by atoms with van der Waals surface area (Å²) in [6, 6.07) is 10.8. The average molecular weight is 405 g/mol. The van der Waals surface area contributed by atoms with Crippen LogP contribution in [0.25, 0.3) is 0 Å². The van der Waals surface area contributed by atoms with Crippen molar-refractivity contribution in [2.75, 3.05) is 36.4 Å². The first kappa shape index (κ1) is 21.2. The lowest BCUT2D eigenvalue weighted by molar-refractivity contribution is -0.137. The number of rotatable bonds is 4. The molecule has 1 heterocycles. The Labute approximate surface area is 169 Å². The molecule has 29 heavy (non-hydrogen) atoms. The first-order valence-corrected chi connectivity index (χ1v) is 9.71. The van der Waals surface area contributed by atoms with Crippen molar-refractivity contribution in [3.8, 4) is 0 Å². The summed E-state index contributed by atoms with van der Waals surface area (Å²) < 4.78 is 39.5. The second-order valence-corrected chi connectivity index (χ2v) is 7.45. The molecule has 0 spiro atoms. The van der Waals surface area contributed by atoms with E-state index < -0.39 is 23.7 Å². The first-order chi connectivity index (χ1) is 13.7. The summed E-state index contributed by atoms with van der Waals surface area (Å²) in [5.41, 5.74) is 2.64. The molecule has 1 aliphatic heterocycles. The summed E-state index contributed by atoms with van der Waals surface area (Å²) in [6.45, 7) is 8.79. The van der Waals surface area contributed by atoms with Gasteiger partial charge in [0, 0.05) is 31.9 Å².